The Balaban J connectivity index is 1.26. The third kappa shape index (κ3) is 5.09. The van der Waals surface area contributed by atoms with E-state index >= 15 is 0 Å². The number of rotatable bonds is 5. The van der Waals surface area contributed by atoms with Crippen LogP contribution in [0.15, 0.2) is 38.8 Å². The van der Waals surface area contributed by atoms with Gasteiger partial charge in [0.15, 0.2) is 29.4 Å². The van der Waals surface area contributed by atoms with Crippen molar-refractivity contribution in [1.82, 2.24) is 4.90 Å². The highest BCUT2D eigenvalue weighted by atomic mass is 35.5. The Hall–Kier alpha value is -3.27. The number of likely N-dealkylation sites (N-methyl/N-ethyl adjacent to an activating group) is 1. The molecule has 14 heteroatoms. The van der Waals surface area contributed by atoms with Gasteiger partial charge in [-0.1, -0.05) is 24.9 Å². The minimum atomic E-state index is -1.63. The second kappa shape index (κ2) is 12.5. The molecule has 49 heavy (non-hydrogen) atoms. The number of carbonyl (C=O) groups is 2. The number of ketones is 2. The summed E-state index contributed by atoms with van der Waals surface area (Å²) in [6.07, 6.45) is -9.05. The van der Waals surface area contributed by atoms with Crippen molar-refractivity contribution in [3.05, 3.63) is 55.5 Å². The van der Waals surface area contributed by atoms with Gasteiger partial charge in [-0.05, 0) is 26.2 Å². The van der Waals surface area contributed by atoms with E-state index in [1.165, 1.54) is 14.0 Å². The zero-order valence-corrected chi connectivity index (χ0v) is 28.3. The summed E-state index contributed by atoms with van der Waals surface area (Å²) >= 11 is 6.78. The van der Waals surface area contributed by atoms with Crippen LogP contribution in [-0.4, -0.2) is 117 Å². The highest BCUT2D eigenvalue weighted by Gasteiger charge is 2.49. The van der Waals surface area contributed by atoms with E-state index in [2.05, 4.69) is 0 Å². The zero-order valence-electron chi connectivity index (χ0n) is 27.5. The Labute approximate surface area is 287 Å². The molecule has 0 aromatic heterocycles. The smallest absolute Gasteiger partial charge is 0.192 e. The molecule has 1 saturated heterocycles. The van der Waals surface area contributed by atoms with Crippen LogP contribution in [0.2, 0.25) is 0 Å². The molecule has 1 aromatic rings. The lowest BCUT2D eigenvalue weighted by Crippen LogP contribution is -2.59. The lowest BCUT2D eigenvalue weighted by atomic mass is 9.72. The van der Waals surface area contributed by atoms with Crippen LogP contribution in [0.25, 0.3) is 5.57 Å². The van der Waals surface area contributed by atoms with Crippen molar-refractivity contribution in [1.29, 1.82) is 0 Å². The van der Waals surface area contributed by atoms with E-state index in [0.717, 1.165) is 12.1 Å². The van der Waals surface area contributed by atoms with Crippen LogP contribution in [0.3, 0.4) is 0 Å². The number of phenols is 1. The molecule has 13 nitrogen and oxygen atoms in total. The van der Waals surface area contributed by atoms with Crippen molar-refractivity contribution in [2.45, 2.75) is 101 Å². The van der Waals surface area contributed by atoms with Crippen molar-refractivity contribution in [2.24, 2.45) is 0 Å². The van der Waals surface area contributed by atoms with Gasteiger partial charge in [0.05, 0.1) is 29.9 Å². The second-order valence-electron chi connectivity index (χ2n) is 13.5. The Bertz CT molecular complexity index is 1780. The molecule has 3 aliphatic heterocycles. The fourth-order valence-electron chi connectivity index (χ4n) is 8.00. The second-order valence-corrected chi connectivity index (χ2v) is 13.9. The molecule has 0 amide bonds. The molecule has 6 N–H and O–H groups in total. The number of ether oxygens (including phenoxy) is 4. The summed E-state index contributed by atoms with van der Waals surface area (Å²) in [4.78, 5) is 30.2. The molecule has 3 aliphatic carbocycles. The molecule has 6 aliphatic rings. The summed E-state index contributed by atoms with van der Waals surface area (Å²) in [5.41, 5.74) is 2.63. The van der Waals surface area contributed by atoms with Crippen LogP contribution in [0, 0.1) is 0 Å². The standard InChI is InChI=1S/C35H40ClNO12/c1-5-6-18-24(36)23-17(11-37(18)3)29(43)21-13(27(23)41)7-8-14-22(21)28(42)16-9-15-26(40)20(10-19(38)32(15)49-34(16)33(14)46-4)48-35-31(45)30(44)25(39)12(2)47-35/h12,19-20,25-26,30-31,35,38-40,42,44-45H,5-11H2,1-4H3/t12-,19?,20?,25-,26?,30+,31+,35?/m1/s1. The number of aliphatic hydroxyl groups is 5. The van der Waals surface area contributed by atoms with Gasteiger partial charge in [-0.2, -0.15) is 0 Å². The number of hydrogen-bond donors (Lipinski definition) is 6. The van der Waals surface area contributed by atoms with Gasteiger partial charge in [0, 0.05) is 71.1 Å². The third-order valence-electron chi connectivity index (χ3n) is 10.6. The third-order valence-corrected chi connectivity index (χ3v) is 11.0. The fourth-order valence-corrected chi connectivity index (χ4v) is 8.44. The lowest BCUT2D eigenvalue weighted by Gasteiger charge is -2.43. The van der Waals surface area contributed by atoms with Crippen LogP contribution < -0.4 is 9.47 Å². The van der Waals surface area contributed by atoms with E-state index in [9.17, 15) is 40.2 Å². The molecule has 1 fully saturated rings. The quantitative estimate of drug-likeness (QED) is 0.241. The summed E-state index contributed by atoms with van der Waals surface area (Å²) in [6, 6.07) is 0. The van der Waals surface area contributed by atoms with E-state index < -0.39 is 54.8 Å². The maximum atomic E-state index is 14.3. The molecule has 1 aromatic carbocycles. The molecule has 0 spiro atoms. The van der Waals surface area contributed by atoms with Gasteiger partial charge in [-0.15, -0.1) is 0 Å². The predicted octanol–water partition coefficient (Wildman–Crippen LogP) is 1.27. The number of fused-ring (bicyclic) bond motifs is 3. The van der Waals surface area contributed by atoms with Crippen LogP contribution >= 0.6 is 11.6 Å². The number of halogens is 1. The number of carbonyl (C=O) groups excluding carboxylic acids is 2. The number of hydrogen-bond acceptors (Lipinski definition) is 13. The molecule has 0 radical (unpaired) electrons. The van der Waals surface area contributed by atoms with E-state index in [4.69, 9.17) is 30.5 Å². The molecule has 0 saturated carbocycles. The van der Waals surface area contributed by atoms with Crippen LogP contribution in [0.1, 0.15) is 56.2 Å². The molecule has 8 atom stereocenters. The monoisotopic (exact) mass is 701 g/mol. The van der Waals surface area contributed by atoms with Gasteiger partial charge in [-0.3, -0.25) is 9.59 Å². The average Bonchev–Trinajstić information content (AvgIpc) is 3.08. The summed E-state index contributed by atoms with van der Waals surface area (Å²) in [7, 11) is 3.24. The van der Waals surface area contributed by atoms with E-state index in [-0.39, 0.29) is 105 Å². The van der Waals surface area contributed by atoms with E-state index in [1.807, 2.05) is 18.9 Å². The average molecular weight is 702 g/mol. The highest BCUT2D eigenvalue weighted by Crippen LogP contribution is 2.55. The summed E-state index contributed by atoms with van der Waals surface area (Å²) < 4.78 is 23.4. The van der Waals surface area contributed by atoms with Crippen LogP contribution in [-0.2, 0) is 31.9 Å². The molecule has 3 heterocycles. The first-order valence-corrected chi connectivity index (χ1v) is 16.9. The Morgan fingerprint density at radius 2 is 1.69 bits per heavy atom. The lowest BCUT2D eigenvalue weighted by molar-refractivity contribution is -0.311. The molecular formula is C35H40ClNO12. The number of allylic oxidation sites excluding steroid dienone is 5. The highest BCUT2D eigenvalue weighted by molar-refractivity contribution is 6.46. The summed E-state index contributed by atoms with van der Waals surface area (Å²) in [5, 5.41) is 65.7. The van der Waals surface area contributed by atoms with Gasteiger partial charge in [0.25, 0.3) is 0 Å². The van der Waals surface area contributed by atoms with Gasteiger partial charge in [-0.25, -0.2) is 0 Å². The first-order valence-electron chi connectivity index (χ1n) is 16.5. The normalized spacial score (nSPS) is 32.8. The number of Topliss-reactive ketones (excluding diaryl/α,β-unsaturated/α-hetero) is 2. The first kappa shape index (κ1) is 34.2. The van der Waals surface area contributed by atoms with Crippen molar-refractivity contribution in [3.8, 4) is 17.2 Å². The predicted molar refractivity (Wildman–Crippen MR) is 173 cm³/mol. The minimum Gasteiger partial charge on any atom is -0.507 e. The van der Waals surface area contributed by atoms with Crippen molar-refractivity contribution < 1.29 is 59.2 Å². The van der Waals surface area contributed by atoms with Gasteiger partial charge >= 0.3 is 0 Å². The van der Waals surface area contributed by atoms with Crippen molar-refractivity contribution in [2.75, 3.05) is 20.7 Å². The Morgan fingerprint density at radius 3 is 2.39 bits per heavy atom. The Morgan fingerprint density at radius 1 is 0.980 bits per heavy atom. The number of aliphatic hydroxyl groups excluding tert-OH is 5. The summed E-state index contributed by atoms with van der Waals surface area (Å²) in [6.45, 7) is 3.68. The molecular weight excluding hydrogens is 662 g/mol. The molecule has 4 unspecified atom stereocenters. The SMILES string of the molecule is CCCC1=C(Cl)C2=C(CN1C)C(=O)C1=C(CCc3c(OC)c4c(c(O)c31)CC1=C(O4)C(O)CC(OC3O[C@H](C)[C@@H](O)[C@H](O)[C@@H]3O)C1O)C2=O. The number of phenolic OH excluding ortho intramolecular Hbond substituents is 1. The van der Waals surface area contributed by atoms with Crippen LogP contribution in [0.4, 0.5) is 0 Å². The number of benzene rings is 1. The maximum Gasteiger partial charge on any atom is 0.192 e. The number of nitrogens with zero attached hydrogens (tertiary/aromatic N) is 1. The van der Waals surface area contributed by atoms with E-state index in [1.54, 1.807) is 0 Å². The van der Waals surface area contributed by atoms with Crippen molar-refractivity contribution >= 4 is 28.7 Å². The van der Waals surface area contributed by atoms with Gasteiger partial charge in [0.2, 0.25) is 0 Å². The number of aromatic hydroxyl groups is 1. The Kier molecular flexibility index (Phi) is 8.72. The van der Waals surface area contributed by atoms with Gasteiger partial charge in [0.1, 0.15) is 42.0 Å². The molecule has 0 bridgehead atoms. The van der Waals surface area contributed by atoms with E-state index in [0.29, 0.717) is 12.0 Å². The molecule has 264 valence electrons. The van der Waals surface area contributed by atoms with Crippen LogP contribution in [0.5, 0.6) is 17.2 Å². The number of methoxy groups -OCH3 is 1. The van der Waals surface area contributed by atoms with Gasteiger partial charge < -0.3 is 54.5 Å². The zero-order chi connectivity index (χ0) is 35.2. The van der Waals surface area contributed by atoms with Crippen molar-refractivity contribution in [3.63, 3.8) is 0 Å². The maximum absolute atomic E-state index is 14.3. The minimum absolute atomic E-state index is 0.0513. The topological polar surface area (TPSA) is 196 Å². The first-order chi connectivity index (χ1) is 23.3. The fraction of sp³-hybridized carbons (Fsp3) is 0.543. The molecule has 7 rings (SSSR count). The largest absolute Gasteiger partial charge is 0.507 e. The summed E-state index contributed by atoms with van der Waals surface area (Å²) in [5.74, 6) is -0.640.